The summed E-state index contributed by atoms with van der Waals surface area (Å²) in [5.74, 6) is 0.911. The first-order valence-electron chi connectivity index (χ1n) is 5.43. The van der Waals surface area contributed by atoms with E-state index in [9.17, 15) is 0 Å². The second kappa shape index (κ2) is 4.09. The molecule has 2 nitrogen and oxygen atoms in total. The summed E-state index contributed by atoms with van der Waals surface area (Å²) < 4.78 is 0. The monoisotopic (exact) mass is 190 g/mol. The van der Waals surface area contributed by atoms with Gasteiger partial charge in [0, 0.05) is 24.5 Å². The predicted molar refractivity (Wildman–Crippen MR) is 58.0 cm³/mol. The van der Waals surface area contributed by atoms with Gasteiger partial charge >= 0.3 is 0 Å². The minimum Gasteiger partial charge on any atom is -0.307 e. The third-order valence-electron chi connectivity index (χ3n) is 3.03. The van der Waals surface area contributed by atoms with E-state index >= 15 is 0 Å². The highest BCUT2D eigenvalue weighted by atomic mass is 15.0. The topological polar surface area (TPSA) is 24.9 Å². The van der Waals surface area contributed by atoms with Crippen LogP contribution in [0.3, 0.4) is 0 Å². The van der Waals surface area contributed by atoms with Gasteiger partial charge in [-0.2, -0.15) is 0 Å². The van der Waals surface area contributed by atoms with E-state index in [1.807, 2.05) is 18.5 Å². The van der Waals surface area contributed by atoms with Gasteiger partial charge in [0.2, 0.25) is 0 Å². The predicted octanol–water partition coefficient (Wildman–Crippen LogP) is 2.53. The van der Waals surface area contributed by atoms with Crippen LogP contribution in [0.15, 0.2) is 24.5 Å². The Morgan fingerprint density at radius 3 is 2.79 bits per heavy atom. The Bertz CT molecular complexity index is 280. The highest BCUT2D eigenvalue weighted by Crippen LogP contribution is 2.33. The van der Waals surface area contributed by atoms with Crippen molar-refractivity contribution in [2.45, 2.75) is 38.8 Å². The lowest BCUT2D eigenvalue weighted by Crippen LogP contribution is -2.30. The summed E-state index contributed by atoms with van der Waals surface area (Å²) in [6.07, 6.45) is 6.56. The fraction of sp³-hybridized carbons (Fsp3) is 0.583. The summed E-state index contributed by atoms with van der Waals surface area (Å²) in [4.78, 5) is 4.13. The molecule has 0 bridgehead atoms. The van der Waals surface area contributed by atoms with E-state index in [4.69, 9.17) is 0 Å². The molecule has 0 spiro atoms. The molecule has 1 aliphatic carbocycles. The molecule has 1 aromatic rings. The average Bonchev–Trinajstić information content (AvgIpc) is 3.02. The largest absolute Gasteiger partial charge is 0.307 e. The molecule has 2 atom stereocenters. The van der Waals surface area contributed by atoms with E-state index in [1.54, 1.807) is 0 Å². The molecule has 2 heteroatoms. The molecule has 76 valence electrons. The van der Waals surface area contributed by atoms with Gasteiger partial charge in [-0.05, 0) is 44.2 Å². The molecule has 1 heterocycles. The number of aromatic nitrogens is 1. The Morgan fingerprint density at radius 1 is 1.43 bits per heavy atom. The van der Waals surface area contributed by atoms with Crippen LogP contribution in [0, 0.1) is 5.92 Å². The number of hydrogen-bond acceptors (Lipinski definition) is 2. The van der Waals surface area contributed by atoms with Crippen molar-refractivity contribution < 1.29 is 0 Å². The molecule has 1 aliphatic rings. The van der Waals surface area contributed by atoms with Crippen molar-refractivity contribution in [2.75, 3.05) is 0 Å². The van der Waals surface area contributed by atoms with Crippen LogP contribution in [-0.4, -0.2) is 11.0 Å². The van der Waals surface area contributed by atoms with Crippen molar-refractivity contribution in [3.05, 3.63) is 30.1 Å². The molecule has 14 heavy (non-hydrogen) atoms. The molecule has 1 unspecified atom stereocenters. The van der Waals surface area contributed by atoms with Crippen molar-refractivity contribution in [3.8, 4) is 0 Å². The molecule has 0 saturated heterocycles. The maximum Gasteiger partial charge on any atom is 0.0315 e. The Morgan fingerprint density at radius 2 is 2.21 bits per heavy atom. The van der Waals surface area contributed by atoms with Gasteiger partial charge in [-0.3, -0.25) is 4.98 Å². The zero-order valence-corrected chi connectivity index (χ0v) is 8.90. The summed E-state index contributed by atoms with van der Waals surface area (Å²) in [7, 11) is 0. The van der Waals surface area contributed by atoms with Gasteiger partial charge < -0.3 is 5.32 Å². The second-order valence-electron chi connectivity index (χ2n) is 4.30. The molecule has 1 N–H and O–H groups in total. The van der Waals surface area contributed by atoms with Gasteiger partial charge in [-0.25, -0.2) is 0 Å². The highest BCUT2D eigenvalue weighted by molar-refractivity contribution is 5.13. The van der Waals surface area contributed by atoms with E-state index in [1.165, 1.54) is 18.4 Å². The number of nitrogens with one attached hydrogen (secondary N) is 1. The van der Waals surface area contributed by atoms with Gasteiger partial charge in [-0.1, -0.05) is 6.07 Å². The maximum atomic E-state index is 4.13. The minimum atomic E-state index is 0.416. The second-order valence-corrected chi connectivity index (χ2v) is 4.30. The average molecular weight is 190 g/mol. The summed E-state index contributed by atoms with van der Waals surface area (Å²) >= 11 is 0. The van der Waals surface area contributed by atoms with Crippen LogP contribution in [0.1, 0.15) is 38.3 Å². The van der Waals surface area contributed by atoms with Gasteiger partial charge in [0.15, 0.2) is 0 Å². The Labute approximate surface area is 85.7 Å². The van der Waals surface area contributed by atoms with Crippen molar-refractivity contribution in [1.29, 1.82) is 0 Å². The van der Waals surface area contributed by atoms with Crippen molar-refractivity contribution >= 4 is 0 Å². The van der Waals surface area contributed by atoms with Crippen LogP contribution < -0.4 is 5.32 Å². The highest BCUT2D eigenvalue weighted by Gasteiger charge is 2.28. The molecule has 1 fully saturated rings. The van der Waals surface area contributed by atoms with Crippen LogP contribution in [0.5, 0.6) is 0 Å². The third kappa shape index (κ3) is 2.32. The molecule has 2 rings (SSSR count). The molecule has 0 aliphatic heterocycles. The maximum absolute atomic E-state index is 4.13. The van der Waals surface area contributed by atoms with Crippen LogP contribution >= 0.6 is 0 Å². The van der Waals surface area contributed by atoms with Gasteiger partial charge in [-0.15, -0.1) is 0 Å². The Hall–Kier alpha value is -0.890. The van der Waals surface area contributed by atoms with Crippen LogP contribution in [0.4, 0.5) is 0 Å². The molecule has 0 radical (unpaired) electrons. The number of pyridine rings is 1. The zero-order chi connectivity index (χ0) is 9.97. The molecule has 1 aromatic heterocycles. The van der Waals surface area contributed by atoms with Crippen molar-refractivity contribution in [3.63, 3.8) is 0 Å². The van der Waals surface area contributed by atoms with E-state index in [2.05, 4.69) is 30.2 Å². The van der Waals surface area contributed by atoms with Crippen LogP contribution in [0.25, 0.3) is 0 Å². The molecule has 0 aromatic carbocycles. The smallest absolute Gasteiger partial charge is 0.0315 e. The lowest BCUT2D eigenvalue weighted by Gasteiger charge is -2.19. The molecule has 0 amide bonds. The van der Waals surface area contributed by atoms with E-state index < -0.39 is 0 Å². The van der Waals surface area contributed by atoms with E-state index in [-0.39, 0.29) is 0 Å². The van der Waals surface area contributed by atoms with Gasteiger partial charge in [0.25, 0.3) is 0 Å². The molecular formula is C12H18N2. The summed E-state index contributed by atoms with van der Waals surface area (Å²) in [5.41, 5.74) is 1.28. The zero-order valence-electron chi connectivity index (χ0n) is 8.90. The number of hydrogen-bond donors (Lipinski definition) is 1. The molecule has 1 saturated carbocycles. The minimum absolute atomic E-state index is 0.416. The SMILES string of the molecule is CC(N[C@H](C)c1cccnc1)C1CC1. The Balaban J connectivity index is 1.91. The van der Waals surface area contributed by atoms with Crippen molar-refractivity contribution in [2.24, 2.45) is 5.92 Å². The lowest BCUT2D eigenvalue weighted by molar-refractivity contribution is 0.441. The number of nitrogens with zero attached hydrogens (tertiary/aromatic N) is 1. The van der Waals surface area contributed by atoms with Crippen LogP contribution in [-0.2, 0) is 0 Å². The first-order valence-corrected chi connectivity index (χ1v) is 5.43. The fourth-order valence-corrected chi connectivity index (χ4v) is 1.85. The van der Waals surface area contributed by atoms with Gasteiger partial charge in [0.1, 0.15) is 0 Å². The third-order valence-corrected chi connectivity index (χ3v) is 3.03. The summed E-state index contributed by atoms with van der Waals surface area (Å²) in [5, 5.41) is 3.62. The van der Waals surface area contributed by atoms with E-state index in [0.717, 1.165) is 5.92 Å². The lowest BCUT2D eigenvalue weighted by atomic mass is 10.1. The van der Waals surface area contributed by atoms with Gasteiger partial charge in [0.05, 0.1) is 0 Å². The fourth-order valence-electron chi connectivity index (χ4n) is 1.85. The van der Waals surface area contributed by atoms with Crippen molar-refractivity contribution in [1.82, 2.24) is 10.3 Å². The first kappa shape index (κ1) is 9.66. The standard InChI is InChI=1S/C12H18N2/c1-9(11-5-6-11)14-10(2)12-4-3-7-13-8-12/h3-4,7-11,14H,5-6H2,1-2H3/t9?,10-/m1/s1. The summed E-state index contributed by atoms with van der Waals surface area (Å²) in [6.45, 7) is 4.49. The van der Waals surface area contributed by atoms with Crippen LogP contribution in [0.2, 0.25) is 0 Å². The molecular weight excluding hydrogens is 172 g/mol. The number of rotatable bonds is 4. The quantitative estimate of drug-likeness (QED) is 0.789. The normalized spacial score (nSPS) is 20.4. The first-order chi connectivity index (χ1) is 6.77. The Kier molecular flexibility index (Phi) is 2.82. The van der Waals surface area contributed by atoms with E-state index in [0.29, 0.717) is 12.1 Å². The summed E-state index contributed by atoms with van der Waals surface area (Å²) in [6, 6.07) is 5.18.